The number of hydrogen-bond donors (Lipinski definition) is 0. The Kier molecular flexibility index (Phi) is 3.75. The largest absolute Gasteiger partial charge is 0.349 e. The van der Waals surface area contributed by atoms with E-state index >= 15 is 0 Å². The maximum atomic E-state index is 5.21. The van der Waals surface area contributed by atoms with Crippen LogP contribution in [0.15, 0.2) is 42.5 Å². The smallest absolute Gasteiger partial charge is 0.0411 e. The zero-order valence-corrected chi connectivity index (χ0v) is 11.1. The third-order valence-electron chi connectivity index (χ3n) is 3.02. The van der Waals surface area contributed by atoms with E-state index in [4.69, 9.17) is 12.2 Å². The quantitative estimate of drug-likeness (QED) is 0.735. The lowest BCUT2D eigenvalue weighted by Gasteiger charge is -2.14. The van der Waals surface area contributed by atoms with Gasteiger partial charge in [-0.2, -0.15) is 0 Å². The maximum Gasteiger partial charge on any atom is 0.0411 e. The van der Waals surface area contributed by atoms with Gasteiger partial charge in [-0.05, 0) is 38.0 Å². The Balaban J connectivity index is 2.17. The minimum absolute atomic E-state index is 0.927. The minimum atomic E-state index is 0.927. The van der Waals surface area contributed by atoms with Gasteiger partial charge in [0.25, 0.3) is 0 Å². The first kappa shape index (κ1) is 12.1. The Morgan fingerprint density at radius 1 is 1.00 bits per heavy atom. The molecule has 1 aromatic carbocycles. The number of aromatic nitrogens is 1. The highest BCUT2D eigenvalue weighted by atomic mass is 32.1. The second-order valence-electron chi connectivity index (χ2n) is 4.36. The zero-order valence-electron chi connectivity index (χ0n) is 10.3. The van der Waals surface area contributed by atoms with Crippen molar-refractivity contribution in [3.05, 3.63) is 63.9 Å². The average molecular weight is 243 g/mol. The van der Waals surface area contributed by atoms with Gasteiger partial charge in [0.15, 0.2) is 0 Å². The third-order valence-corrected chi connectivity index (χ3v) is 3.26. The van der Waals surface area contributed by atoms with Gasteiger partial charge >= 0.3 is 0 Å². The Morgan fingerprint density at radius 2 is 1.59 bits per heavy atom. The fourth-order valence-electron chi connectivity index (χ4n) is 2.13. The molecule has 0 saturated carbocycles. The van der Waals surface area contributed by atoms with Crippen molar-refractivity contribution in [3.63, 3.8) is 0 Å². The highest BCUT2D eigenvalue weighted by molar-refractivity contribution is 7.71. The number of hydrogen-bond acceptors (Lipinski definition) is 1. The molecule has 0 atom stereocenters. The summed E-state index contributed by atoms with van der Waals surface area (Å²) in [4.78, 5) is 0. The normalized spacial score (nSPS) is 10.5. The van der Waals surface area contributed by atoms with Gasteiger partial charge in [-0.15, -0.1) is 0 Å². The molecule has 2 aromatic rings. The van der Waals surface area contributed by atoms with Gasteiger partial charge in [0.05, 0.1) is 0 Å². The Labute approximate surface area is 108 Å². The van der Waals surface area contributed by atoms with E-state index in [1.807, 2.05) is 0 Å². The van der Waals surface area contributed by atoms with Gasteiger partial charge in [-0.1, -0.05) is 42.5 Å². The van der Waals surface area contributed by atoms with E-state index in [9.17, 15) is 0 Å². The van der Waals surface area contributed by atoms with Gasteiger partial charge in [0.1, 0.15) is 0 Å². The molecule has 17 heavy (non-hydrogen) atoms. The lowest BCUT2D eigenvalue weighted by atomic mass is 10.1. The summed E-state index contributed by atoms with van der Waals surface area (Å²) in [6.45, 7) is 5.25. The van der Waals surface area contributed by atoms with Crippen LogP contribution in [0.25, 0.3) is 0 Å². The number of rotatable bonds is 3. The van der Waals surface area contributed by atoms with Gasteiger partial charge in [-0.25, -0.2) is 0 Å². The van der Waals surface area contributed by atoms with Crippen LogP contribution in [0.2, 0.25) is 0 Å². The fourth-order valence-corrected chi connectivity index (χ4v) is 2.47. The summed E-state index contributed by atoms with van der Waals surface area (Å²) in [6, 6.07) is 14.7. The maximum absolute atomic E-state index is 5.21. The Hall–Kier alpha value is -1.41. The van der Waals surface area contributed by atoms with Crippen LogP contribution in [0.4, 0.5) is 0 Å². The summed E-state index contributed by atoms with van der Waals surface area (Å²) in [6.07, 6.45) is 1.06. The van der Waals surface area contributed by atoms with E-state index in [2.05, 4.69) is 60.9 Å². The van der Waals surface area contributed by atoms with Crippen LogP contribution in [-0.2, 0) is 13.0 Å². The van der Waals surface area contributed by atoms with Gasteiger partial charge in [0, 0.05) is 22.4 Å². The van der Waals surface area contributed by atoms with Crippen LogP contribution in [0.5, 0.6) is 0 Å². The van der Waals surface area contributed by atoms with E-state index in [0.717, 1.165) is 17.5 Å². The van der Waals surface area contributed by atoms with Gasteiger partial charge in [0.2, 0.25) is 0 Å². The molecule has 1 aromatic heterocycles. The van der Waals surface area contributed by atoms with Crippen molar-refractivity contribution in [2.24, 2.45) is 0 Å². The van der Waals surface area contributed by atoms with Crippen molar-refractivity contribution in [1.82, 2.24) is 4.57 Å². The first-order valence-corrected chi connectivity index (χ1v) is 6.29. The Bertz CT molecular complexity index is 529. The lowest BCUT2D eigenvalue weighted by Crippen LogP contribution is -2.09. The molecule has 0 bridgehead atoms. The highest BCUT2D eigenvalue weighted by Gasteiger charge is 2.00. The first-order valence-electron chi connectivity index (χ1n) is 5.89. The molecule has 0 unspecified atom stereocenters. The summed E-state index contributed by atoms with van der Waals surface area (Å²) in [5.41, 5.74) is 3.86. The topological polar surface area (TPSA) is 4.93 Å². The van der Waals surface area contributed by atoms with Crippen LogP contribution in [0.3, 0.4) is 0 Å². The molecule has 0 aliphatic carbocycles. The minimum Gasteiger partial charge on any atom is -0.349 e. The number of pyridine rings is 1. The molecule has 1 heterocycles. The second kappa shape index (κ2) is 5.28. The zero-order chi connectivity index (χ0) is 12.3. The van der Waals surface area contributed by atoms with Crippen molar-refractivity contribution < 1.29 is 0 Å². The van der Waals surface area contributed by atoms with E-state index in [0.29, 0.717) is 0 Å². The molecule has 0 fully saturated rings. The molecule has 1 nitrogen and oxygen atoms in total. The molecular weight excluding hydrogens is 226 g/mol. The SMILES string of the molecule is Cc1cc(=S)cc(C)n1CCc1ccccc1. The van der Waals surface area contributed by atoms with Crippen LogP contribution in [-0.4, -0.2) is 4.57 Å². The van der Waals surface area contributed by atoms with Gasteiger partial charge < -0.3 is 4.57 Å². The number of benzene rings is 1. The number of nitrogens with zero attached hydrogens (tertiary/aromatic N) is 1. The molecule has 2 rings (SSSR count). The number of aryl methyl sites for hydroxylation is 3. The summed E-state index contributed by atoms with van der Waals surface area (Å²) < 4.78 is 3.25. The average Bonchev–Trinajstić information content (AvgIpc) is 2.29. The summed E-state index contributed by atoms with van der Waals surface area (Å²) >= 11 is 5.21. The van der Waals surface area contributed by atoms with Gasteiger partial charge in [-0.3, -0.25) is 0 Å². The molecule has 0 aliphatic rings. The van der Waals surface area contributed by atoms with Crippen molar-refractivity contribution in [2.45, 2.75) is 26.8 Å². The summed E-state index contributed by atoms with van der Waals surface area (Å²) in [5.74, 6) is 0. The first-order chi connectivity index (χ1) is 8.16. The lowest BCUT2D eigenvalue weighted by molar-refractivity contribution is 0.650. The molecular formula is C15H17NS. The molecule has 0 amide bonds. The molecule has 0 N–H and O–H groups in total. The summed E-state index contributed by atoms with van der Waals surface area (Å²) in [7, 11) is 0. The van der Waals surface area contributed by atoms with E-state index in [-0.39, 0.29) is 0 Å². The Morgan fingerprint density at radius 3 is 2.18 bits per heavy atom. The van der Waals surface area contributed by atoms with Crippen molar-refractivity contribution >= 4 is 12.2 Å². The molecule has 0 radical (unpaired) electrons. The fraction of sp³-hybridized carbons (Fsp3) is 0.267. The van der Waals surface area contributed by atoms with E-state index in [1.165, 1.54) is 17.0 Å². The van der Waals surface area contributed by atoms with Crippen LogP contribution in [0, 0.1) is 18.4 Å². The van der Waals surface area contributed by atoms with E-state index in [1.54, 1.807) is 0 Å². The molecule has 88 valence electrons. The predicted octanol–water partition coefficient (Wildman–Crippen LogP) is 4.08. The molecule has 0 saturated heterocycles. The molecule has 0 spiro atoms. The standard InChI is InChI=1S/C15H17NS/c1-12-10-15(17)11-13(2)16(12)9-8-14-6-4-3-5-7-14/h3-7,10-11H,8-9H2,1-2H3. The molecule has 0 aliphatic heterocycles. The third kappa shape index (κ3) is 3.04. The van der Waals surface area contributed by atoms with Crippen LogP contribution >= 0.6 is 12.2 Å². The second-order valence-corrected chi connectivity index (χ2v) is 4.83. The highest BCUT2D eigenvalue weighted by Crippen LogP contribution is 2.09. The van der Waals surface area contributed by atoms with Crippen LogP contribution < -0.4 is 0 Å². The molecule has 2 heteroatoms. The van der Waals surface area contributed by atoms with Crippen molar-refractivity contribution in [3.8, 4) is 0 Å². The van der Waals surface area contributed by atoms with Crippen LogP contribution in [0.1, 0.15) is 17.0 Å². The predicted molar refractivity (Wildman–Crippen MR) is 74.9 cm³/mol. The van der Waals surface area contributed by atoms with E-state index < -0.39 is 0 Å². The summed E-state index contributed by atoms with van der Waals surface area (Å²) in [5, 5.41) is 0. The van der Waals surface area contributed by atoms with Crippen molar-refractivity contribution in [2.75, 3.05) is 0 Å². The van der Waals surface area contributed by atoms with Crippen molar-refractivity contribution in [1.29, 1.82) is 0 Å². The monoisotopic (exact) mass is 243 g/mol.